The number of anilines is 1. The molecule has 0 bridgehead atoms. The highest BCUT2D eigenvalue weighted by Gasteiger charge is 2.30. The van der Waals surface area contributed by atoms with Crippen LogP contribution in [0.1, 0.15) is 38.6 Å². The minimum absolute atomic E-state index is 0.337. The maximum Gasteiger partial charge on any atom is 0.168 e. The first-order chi connectivity index (χ1) is 8.66. The average molecular weight is 245 g/mol. The molecule has 0 amide bonds. The summed E-state index contributed by atoms with van der Waals surface area (Å²) in [6, 6.07) is 6.57. The molecule has 1 fully saturated rings. The van der Waals surface area contributed by atoms with E-state index in [4.69, 9.17) is 5.73 Å². The van der Waals surface area contributed by atoms with Gasteiger partial charge >= 0.3 is 0 Å². The maximum atomic E-state index is 5.91. The number of fused-ring (bicyclic) bond motifs is 1. The molecule has 3 rings (SSSR count). The van der Waals surface area contributed by atoms with Crippen molar-refractivity contribution in [2.45, 2.75) is 38.8 Å². The predicted molar refractivity (Wildman–Crippen MR) is 71.2 cm³/mol. The monoisotopic (exact) mass is 245 g/mol. The summed E-state index contributed by atoms with van der Waals surface area (Å²) in [6.07, 6.45) is 2.35. The van der Waals surface area contributed by atoms with E-state index in [0.29, 0.717) is 17.9 Å². The van der Waals surface area contributed by atoms with Crippen LogP contribution in [-0.2, 0) is 0 Å². The number of hydrogen-bond donors (Lipinski definition) is 1. The lowest BCUT2D eigenvalue weighted by atomic mass is 10.2. The van der Waals surface area contributed by atoms with Gasteiger partial charge in [-0.05, 0) is 45.4 Å². The zero-order chi connectivity index (χ0) is 12.7. The van der Waals surface area contributed by atoms with Crippen molar-refractivity contribution in [1.29, 1.82) is 0 Å². The highest BCUT2D eigenvalue weighted by molar-refractivity contribution is 5.46. The molecular weight excluding hydrogens is 226 g/mol. The summed E-state index contributed by atoms with van der Waals surface area (Å²) in [6.45, 7) is 5.58. The fourth-order valence-electron chi connectivity index (χ4n) is 2.77. The molecule has 3 heterocycles. The first kappa shape index (κ1) is 11.5. The van der Waals surface area contributed by atoms with Crippen molar-refractivity contribution in [1.82, 2.24) is 19.5 Å². The molecule has 0 radical (unpaired) electrons. The molecule has 0 aromatic carbocycles. The van der Waals surface area contributed by atoms with E-state index in [1.54, 1.807) is 4.52 Å². The summed E-state index contributed by atoms with van der Waals surface area (Å²) >= 11 is 0. The number of likely N-dealkylation sites (tertiary alicyclic amines) is 1. The number of nitrogens with two attached hydrogens (primary N) is 1. The van der Waals surface area contributed by atoms with E-state index in [0.717, 1.165) is 24.4 Å². The van der Waals surface area contributed by atoms with Gasteiger partial charge in [0.2, 0.25) is 0 Å². The van der Waals surface area contributed by atoms with Crippen LogP contribution in [0.3, 0.4) is 0 Å². The van der Waals surface area contributed by atoms with Crippen molar-refractivity contribution in [3.63, 3.8) is 0 Å². The Labute approximate surface area is 107 Å². The van der Waals surface area contributed by atoms with Crippen LogP contribution in [0.5, 0.6) is 0 Å². The number of rotatable bonds is 2. The van der Waals surface area contributed by atoms with Gasteiger partial charge in [-0.3, -0.25) is 4.90 Å². The van der Waals surface area contributed by atoms with Gasteiger partial charge in [0.15, 0.2) is 11.5 Å². The van der Waals surface area contributed by atoms with Gasteiger partial charge in [0, 0.05) is 6.04 Å². The molecule has 1 aliphatic rings. The SMILES string of the molecule is CC(C)N1CCCC1c1nc2cccc(N)n2n1. The summed E-state index contributed by atoms with van der Waals surface area (Å²) < 4.78 is 1.73. The third kappa shape index (κ3) is 1.75. The van der Waals surface area contributed by atoms with Gasteiger partial charge in [-0.25, -0.2) is 4.98 Å². The zero-order valence-electron chi connectivity index (χ0n) is 10.9. The van der Waals surface area contributed by atoms with E-state index in [1.807, 2.05) is 18.2 Å². The molecule has 0 aliphatic carbocycles. The van der Waals surface area contributed by atoms with Crippen molar-refractivity contribution >= 4 is 11.5 Å². The van der Waals surface area contributed by atoms with Crippen LogP contribution >= 0.6 is 0 Å². The summed E-state index contributed by atoms with van der Waals surface area (Å²) in [5.41, 5.74) is 6.74. The molecule has 0 saturated carbocycles. The lowest BCUT2D eigenvalue weighted by Crippen LogP contribution is -2.30. The van der Waals surface area contributed by atoms with Crippen molar-refractivity contribution in [3.8, 4) is 0 Å². The molecule has 1 atom stereocenters. The Bertz CT molecular complexity index is 560. The van der Waals surface area contributed by atoms with Crippen molar-refractivity contribution in [2.24, 2.45) is 0 Å². The fraction of sp³-hybridized carbons (Fsp3) is 0.538. The van der Waals surface area contributed by atoms with Gasteiger partial charge < -0.3 is 5.73 Å². The van der Waals surface area contributed by atoms with Crippen molar-refractivity contribution < 1.29 is 0 Å². The third-order valence-electron chi connectivity index (χ3n) is 3.66. The summed E-state index contributed by atoms with van der Waals surface area (Å²) in [5.74, 6) is 1.54. The van der Waals surface area contributed by atoms with Gasteiger partial charge in [0.1, 0.15) is 5.82 Å². The molecule has 5 heteroatoms. The quantitative estimate of drug-likeness (QED) is 0.877. The van der Waals surface area contributed by atoms with E-state index in [-0.39, 0.29) is 0 Å². The minimum atomic E-state index is 0.337. The Morgan fingerprint density at radius 2 is 2.22 bits per heavy atom. The maximum absolute atomic E-state index is 5.91. The smallest absolute Gasteiger partial charge is 0.168 e. The van der Waals surface area contributed by atoms with Gasteiger partial charge in [0.25, 0.3) is 0 Å². The second-order valence-corrected chi connectivity index (χ2v) is 5.18. The van der Waals surface area contributed by atoms with E-state index in [9.17, 15) is 0 Å². The molecule has 5 nitrogen and oxygen atoms in total. The number of nitrogen functional groups attached to an aromatic ring is 1. The Hall–Kier alpha value is -1.62. The second kappa shape index (κ2) is 4.24. The van der Waals surface area contributed by atoms with Crippen LogP contribution in [0, 0.1) is 0 Å². The van der Waals surface area contributed by atoms with Crippen LogP contribution in [0.2, 0.25) is 0 Å². The first-order valence-corrected chi connectivity index (χ1v) is 6.53. The van der Waals surface area contributed by atoms with E-state index in [1.165, 1.54) is 6.42 Å². The Morgan fingerprint density at radius 1 is 1.39 bits per heavy atom. The molecule has 2 aromatic heterocycles. The molecule has 1 saturated heterocycles. The molecule has 0 spiro atoms. The zero-order valence-corrected chi connectivity index (χ0v) is 10.9. The fourth-order valence-corrected chi connectivity index (χ4v) is 2.77. The largest absolute Gasteiger partial charge is 0.384 e. The number of nitrogens with zero attached hydrogens (tertiary/aromatic N) is 4. The average Bonchev–Trinajstić information content (AvgIpc) is 2.95. The highest BCUT2D eigenvalue weighted by Crippen LogP contribution is 2.31. The van der Waals surface area contributed by atoms with Crippen LogP contribution in [0.4, 0.5) is 5.82 Å². The second-order valence-electron chi connectivity index (χ2n) is 5.18. The minimum Gasteiger partial charge on any atom is -0.384 e. The van der Waals surface area contributed by atoms with Crippen LogP contribution < -0.4 is 5.73 Å². The molecular formula is C13H19N5. The molecule has 1 unspecified atom stereocenters. The van der Waals surface area contributed by atoms with E-state index in [2.05, 4.69) is 28.8 Å². The molecule has 2 N–H and O–H groups in total. The summed E-state index contributed by atoms with van der Waals surface area (Å²) in [7, 11) is 0. The molecule has 96 valence electrons. The van der Waals surface area contributed by atoms with Crippen LogP contribution in [0.25, 0.3) is 5.65 Å². The predicted octanol–water partition coefficient (Wildman–Crippen LogP) is 1.86. The topological polar surface area (TPSA) is 59.5 Å². The lowest BCUT2D eigenvalue weighted by Gasteiger charge is -2.25. The van der Waals surface area contributed by atoms with Gasteiger partial charge in [-0.1, -0.05) is 6.07 Å². The van der Waals surface area contributed by atoms with E-state index >= 15 is 0 Å². The van der Waals surface area contributed by atoms with Gasteiger partial charge in [0.05, 0.1) is 6.04 Å². The Balaban J connectivity index is 2.01. The number of hydrogen-bond acceptors (Lipinski definition) is 4. The van der Waals surface area contributed by atoms with Crippen LogP contribution in [0.15, 0.2) is 18.2 Å². The van der Waals surface area contributed by atoms with E-state index < -0.39 is 0 Å². The Kier molecular flexibility index (Phi) is 2.70. The third-order valence-corrected chi connectivity index (χ3v) is 3.66. The first-order valence-electron chi connectivity index (χ1n) is 6.53. The standard InChI is InChI=1S/C13H19N5/c1-9(2)17-8-4-5-10(17)13-15-12-7-3-6-11(14)18(12)16-13/h3,6-7,9-10H,4-5,8,14H2,1-2H3. The molecule has 2 aromatic rings. The number of pyridine rings is 1. The van der Waals surface area contributed by atoms with Crippen molar-refractivity contribution in [3.05, 3.63) is 24.0 Å². The molecule has 1 aliphatic heterocycles. The van der Waals surface area contributed by atoms with Crippen LogP contribution in [-0.4, -0.2) is 32.1 Å². The number of aromatic nitrogens is 3. The Morgan fingerprint density at radius 3 is 2.94 bits per heavy atom. The summed E-state index contributed by atoms with van der Waals surface area (Å²) in [5, 5.41) is 4.57. The summed E-state index contributed by atoms with van der Waals surface area (Å²) in [4.78, 5) is 7.08. The van der Waals surface area contributed by atoms with Crippen molar-refractivity contribution in [2.75, 3.05) is 12.3 Å². The van der Waals surface area contributed by atoms with Gasteiger partial charge in [-0.15, -0.1) is 5.10 Å². The highest BCUT2D eigenvalue weighted by atomic mass is 15.3. The lowest BCUT2D eigenvalue weighted by molar-refractivity contribution is 0.199. The molecule has 18 heavy (non-hydrogen) atoms. The normalized spacial score (nSPS) is 21.2. The van der Waals surface area contributed by atoms with Gasteiger partial charge in [-0.2, -0.15) is 4.52 Å².